The summed E-state index contributed by atoms with van der Waals surface area (Å²) in [6, 6.07) is 7.44. The van der Waals surface area contributed by atoms with Gasteiger partial charge < -0.3 is 15.5 Å². The maximum absolute atomic E-state index is 6.18. The molecular formula is C17H28BrN3. The zero-order valence-corrected chi connectivity index (χ0v) is 15.1. The number of likely N-dealkylation sites (N-methyl/N-ethyl adjacent to an activating group) is 2. The third-order valence-electron chi connectivity index (χ3n) is 4.58. The number of hydrogen-bond acceptors (Lipinski definition) is 3. The van der Waals surface area contributed by atoms with Crippen molar-refractivity contribution in [1.82, 2.24) is 4.90 Å². The number of benzene rings is 1. The van der Waals surface area contributed by atoms with Gasteiger partial charge in [-0.1, -0.05) is 22.9 Å². The lowest BCUT2D eigenvalue weighted by molar-refractivity contribution is 0.248. The molecule has 2 N–H and O–H groups in total. The topological polar surface area (TPSA) is 32.5 Å². The van der Waals surface area contributed by atoms with Crippen molar-refractivity contribution in [2.75, 3.05) is 32.1 Å². The van der Waals surface area contributed by atoms with Crippen LogP contribution in [0.1, 0.15) is 31.7 Å². The van der Waals surface area contributed by atoms with E-state index in [9.17, 15) is 0 Å². The number of anilines is 1. The van der Waals surface area contributed by atoms with Crippen molar-refractivity contribution in [3.8, 4) is 0 Å². The standard InChI is InChI=1S/C17H28BrN3/c1-4-15(19)11-13-10-14(18)7-8-17(13)21(3)16-6-5-9-20(2)12-16/h7-8,10,15-16H,4-6,9,11-12,19H2,1-3H3. The first kappa shape index (κ1) is 16.8. The molecule has 0 radical (unpaired) electrons. The minimum absolute atomic E-state index is 0.237. The summed E-state index contributed by atoms with van der Waals surface area (Å²) in [4.78, 5) is 4.89. The Labute approximate surface area is 137 Å². The number of hydrogen-bond donors (Lipinski definition) is 1. The van der Waals surface area contributed by atoms with Gasteiger partial charge >= 0.3 is 0 Å². The van der Waals surface area contributed by atoms with E-state index in [0.717, 1.165) is 23.9 Å². The van der Waals surface area contributed by atoms with Gasteiger partial charge in [0.2, 0.25) is 0 Å². The lowest BCUT2D eigenvalue weighted by atomic mass is 9.99. The number of piperidine rings is 1. The van der Waals surface area contributed by atoms with E-state index in [-0.39, 0.29) is 6.04 Å². The van der Waals surface area contributed by atoms with Crippen molar-refractivity contribution < 1.29 is 0 Å². The Balaban J connectivity index is 2.20. The van der Waals surface area contributed by atoms with Gasteiger partial charge in [0.15, 0.2) is 0 Å². The molecule has 0 aromatic heterocycles. The van der Waals surface area contributed by atoms with Gasteiger partial charge in [-0.15, -0.1) is 0 Å². The molecule has 1 heterocycles. The summed E-state index contributed by atoms with van der Waals surface area (Å²) in [5.41, 5.74) is 8.87. The third-order valence-corrected chi connectivity index (χ3v) is 5.07. The highest BCUT2D eigenvalue weighted by atomic mass is 79.9. The second-order valence-corrected chi connectivity index (χ2v) is 7.23. The Morgan fingerprint density at radius 1 is 1.48 bits per heavy atom. The van der Waals surface area contributed by atoms with Crippen LogP contribution in [0.25, 0.3) is 0 Å². The lowest BCUT2D eigenvalue weighted by Gasteiger charge is -2.38. The Hall–Kier alpha value is -0.580. The molecule has 1 aliphatic rings. The maximum Gasteiger partial charge on any atom is 0.0414 e. The highest BCUT2D eigenvalue weighted by Gasteiger charge is 2.23. The first-order chi connectivity index (χ1) is 10.0. The second kappa shape index (κ2) is 7.61. The molecule has 3 nitrogen and oxygen atoms in total. The van der Waals surface area contributed by atoms with Gasteiger partial charge in [0, 0.05) is 35.8 Å². The molecule has 2 unspecified atom stereocenters. The number of rotatable bonds is 5. The Morgan fingerprint density at radius 3 is 2.90 bits per heavy atom. The number of nitrogens with two attached hydrogens (primary N) is 1. The Morgan fingerprint density at radius 2 is 2.24 bits per heavy atom. The second-order valence-electron chi connectivity index (χ2n) is 6.31. The molecule has 1 aromatic rings. The van der Waals surface area contributed by atoms with Crippen molar-refractivity contribution in [1.29, 1.82) is 0 Å². The highest BCUT2D eigenvalue weighted by molar-refractivity contribution is 9.10. The van der Waals surface area contributed by atoms with E-state index in [2.05, 4.69) is 64.9 Å². The van der Waals surface area contributed by atoms with E-state index in [0.29, 0.717) is 6.04 Å². The van der Waals surface area contributed by atoms with Crippen LogP contribution >= 0.6 is 15.9 Å². The average molecular weight is 354 g/mol. The molecule has 0 amide bonds. The first-order valence-electron chi connectivity index (χ1n) is 7.96. The van der Waals surface area contributed by atoms with Gasteiger partial charge in [0.25, 0.3) is 0 Å². The first-order valence-corrected chi connectivity index (χ1v) is 8.76. The van der Waals surface area contributed by atoms with Gasteiger partial charge in [-0.05, 0) is 63.0 Å². The molecule has 0 bridgehead atoms. The molecule has 4 heteroatoms. The molecule has 1 saturated heterocycles. The van der Waals surface area contributed by atoms with Crippen LogP contribution in [0.3, 0.4) is 0 Å². The summed E-state index contributed by atoms with van der Waals surface area (Å²) in [6.07, 6.45) is 4.52. The van der Waals surface area contributed by atoms with Crippen molar-refractivity contribution in [2.24, 2.45) is 5.73 Å². The maximum atomic E-state index is 6.18. The number of likely N-dealkylation sites (tertiary alicyclic amines) is 1. The summed E-state index contributed by atoms with van der Waals surface area (Å²) in [7, 11) is 4.45. The van der Waals surface area contributed by atoms with Gasteiger partial charge in [-0.2, -0.15) is 0 Å². The minimum Gasteiger partial charge on any atom is -0.370 e. The van der Waals surface area contributed by atoms with E-state index in [1.807, 2.05) is 0 Å². The van der Waals surface area contributed by atoms with E-state index in [4.69, 9.17) is 5.73 Å². The summed E-state index contributed by atoms with van der Waals surface area (Å²) in [5, 5.41) is 0. The molecule has 1 aromatic carbocycles. The molecule has 2 atom stereocenters. The molecule has 21 heavy (non-hydrogen) atoms. The Kier molecular flexibility index (Phi) is 6.08. The fourth-order valence-electron chi connectivity index (χ4n) is 3.14. The van der Waals surface area contributed by atoms with Crippen LogP contribution in [0.4, 0.5) is 5.69 Å². The normalized spacial score (nSPS) is 21.3. The van der Waals surface area contributed by atoms with Gasteiger partial charge in [0.1, 0.15) is 0 Å². The van der Waals surface area contributed by atoms with E-state index >= 15 is 0 Å². The van der Waals surface area contributed by atoms with Gasteiger partial charge in [-0.3, -0.25) is 0 Å². The molecule has 0 aliphatic carbocycles. The van der Waals surface area contributed by atoms with E-state index in [1.165, 1.54) is 30.6 Å². The van der Waals surface area contributed by atoms with Gasteiger partial charge in [0.05, 0.1) is 0 Å². The van der Waals surface area contributed by atoms with Crippen LogP contribution in [0.5, 0.6) is 0 Å². The largest absolute Gasteiger partial charge is 0.370 e. The van der Waals surface area contributed by atoms with Gasteiger partial charge in [-0.25, -0.2) is 0 Å². The molecule has 0 spiro atoms. The summed E-state index contributed by atoms with van der Waals surface area (Å²) in [6.45, 7) is 4.52. The zero-order chi connectivity index (χ0) is 15.4. The van der Waals surface area contributed by atoms with Crippen molar-refractivity contribution in [2.45, 2.75) is 44.7 Å². The smallest absolute Gasteiger partial charge is 0.0414 e. The third kappa shape index (κ3) is 4.44. The minimum atomic E-state index is 0.237. The average Bonchev–Trinajstić information content (AvgIpc) is 2.46. The number of halogens is 1. The summed E-state index contributed by atoms with van der Waals surface area (Å²) < 4.78 is 1.14. The number of nitrogens with zero attached hydrogens (tertiary/aromatic N) is 2. The van der Waals surface area contributed by atoms with E-state index < -0.39 is 0 Å². The quantitative estimate of drug-likeness (QED) is 0.881. The Bertz CT molecular complexity index is 463. The van der Waals surface area contributed by atoms with E-state index in [1.54, 1.807) is 0 Å². The summed E-state index contributed by atoms with van der Waals surface area (Å²) in [5.74, 6) is 0. The predicted molar refractivity (Wildman–Crippen MR) is 95.0 cm³/mol. The molecule has 118 valence electrons. The zero-order valence-electron chi connectivity index (χ0n) is 13.5. The molecule has 1 fully saturated rings. The fourth-order valence-corrected chi connectivity index (χ4v) is 3.55. The van der Waals surface area contributed by atoms with Crippen molar-refractivity contribution in [3.05, 3.63) is 28.2 Å². The van der Waals surface area contributed by atoms with Crippen LogP contribution in [-0.2, 0) is 6.42 Å². The van der Waals surface area contributed by atoms with Crippen LogP contribution in [0.2, 0.25) is 0 Å². The van der Waals surface area contributed by atoms with Crippen molar-refractivity contribution in [3.63, 3.8) is 0 Å². The molecular weight excluding hydrogens is 326 g/mol. The van der Waals surface area contributed by atoms with Crippen LogP contribution in [0, 0.1) is 0 Å². The monoisotopic (exact) mass is 353 g/mol. The molecule has 0 saturated carbocycles. The predicted octanol–water partition coefficient (Wildman–Crippen LogP) is 3.26. The SMILES string of the molecule is CCC(N)Cc1cc(Br)ccc1N(C)C1CCCN(C)C1. The fraction of sp³-hybridized carbons (Fsp3) is 0.647. The van der Waals surface area contributed by atoms with Crippen LogP contribution < -0.4 is 10.6 Å². The van der Waals surface area contributed by atoms with Crippen molar-refractivity contribution >= 4 is 21.6 Å². The van der Waals surface area contributed by atoms with Crippen LogP contribution in [-0.4, -0.2) is 44.2 Å². The molecule has 1 aliphatic heterocycles. The van der Waals surface area contributed by atoms with Crippen LogP contribution in [0.15, 0.2) is 22.7 Å². The lowest BCUT2D eigenvalue weighted by Crippen LogP contribution is -2.45. The summed E-state index contributed by atoms with van der Waals surface area (Å²) >= 11 is 3.60. The highest BCUT2D eigenvalue weighted by Crippen LogP contribution is 2.28. The molecule has 2 rings (SSSR count).